The molecule has 1 aromatic heterocycles. The van der Waals surface area contributed by atoms with E-state index in [1.165, 1.54) is 0 Å². The maximum atomic E-state index is 12.2. The van der Waals surface area contributed by atoms with E-state index in [2.05, 4.69) is 15.3 Å². The Kier molecular flexibility index (Phi) is 4.58. The highest BCUT2D eigenvalue weighted by molar-refractivity contribution is 5.93. The van der Waals surface area contributed by atoms with Crippen LogP contribution in [-0.4, -0.2) is 22.5 Å². The molecule has 1 aliphatic heterocycles. The highest BCUT2D eigenvalue weighted by atomic mass is 16.5. The summed E-state index contributed by atoms with van der Waals surface area (Å²) in [6.45, 7) is 0.787. The van der Waals surface area contributed by atoms with Crippen molar-refractivity contribution in [2.24, 2.45) is 0 Å². The molecule has 4 N–H and O–H groups in total. The summed E-state index contributed by atoms with van der Waals surface area (Å²) >= 11 is 0. The number of nitrogens with two attached hydrogens (primary N) is 1. The zero-order chi connectivity index (χ0) is 17.9. The average molecular weight is 350 g/mol. The van der Waals surface area contributed by atoms with Crippen molar-refractivity contribution in [1.82, 2.24) is 9.97 Å². The van der Waals surface area contributed by atoms with Crippen molar-refractivity contribution in [3.63, 3.8) is 0 Å². The van der Waals surface area contributed by atoms with Gasteiger partial charge in [-0.25, -0.2) is 4.98 Å². The summed E-state index contributed by atoms with van der Waals surface area (Å²) in [5.74, 6) is 0.826. The van der Waals surface area contributed by atoms with Gasteiger partial charge in [0.15, 0.2) is 0 Å². The van der Waals surface area contributed by atoms with Gasteiger partial charge in [0.1, 0.15) is 11.9 Å². The van der Waals surface area contributed by atoms with Crippen LogP contribution in [0.5, 0.6) is 0 Å². The van der Waals surface area contributed by atoms with Crippen LogP contribution in [0.3, 0.4) is 0 Å². The number of fused-ring (bicyclic) bond motifs is 1. The van der Waals surface area contributed by atoms with E-state index in [4.69, 9.17) is 10.5 Å². The maximum absolute atomic E-state index is 12.2. The van der Waals surface area contributed by atoms with Gasteiger partial charge in [-0.3, -0.25) is 4.79 Å². The maximum Gasteiger partial charge on any atom is 0.224 e. The summed E-state index contributed by atoms with van der Waals surface area (Å²) < 4.78 is 5.67. The number of aromatic nitrogens is 2. The van der Waals surface area contributed by atoms with Crippen LogP contribution < -0.4 is 11.1 Å². The Morgan fingerprint density at radius 3 is 3.00 bits per heavy atom. The highest BCUT2D eigenvalue weighted by Gasteiger charge is 2.21. The van der Waals surface area contributed by atoms with Crippen molar-refractivity contribution in [2.45, 2.75) is 31.8 Å². The molecule has 4 rings (SSSR count). The van der Waals surface area contributed by atoms with Gasteiger partial charge in [-0.15, -0.1) is 0 Å². The van der Waals surface area contributed by atoms with Crippen molar-refractivity contribution < 1.29 is 9.53 Å². The number of aryl methyl sites for hydroxylation is 1. The van der Waals surface area contributed by atoms with Crippen LogP contribution in [0.15, 0.2) is 42.5 Å². The normalized spacial score (nSPS) is 16.8. The Balaban J connectivity index is 1.41. The largest absolute Gasteiger partial charge is 0.399 e. The van der Waals surface area contributed by atoms with E-state index < -0.39 is 0 Å². The molecular weight excluding hydrogens is 328 g/mol. The molecule has 0 spiro atoms. The first kappa shape index (κ1) is 16.6. The number of H-pyrrole nitrogens is 1. The first-order valence-corrected chi connectivity index (χ1v) is 8.93. The van der Waals surface area contributed by atoms with E-state index in [0.717, 1.165) is 53.2 Å². The summed E-state index contributed by atoms with van der Waals surface area (Å²) in [5, 5.41) is 2.94. The zero-order valence-corrected chi connectivity index (χ0v) is 14.5. The smallest absolute Gasteiger partial charge is 0.224 e. The summed E-state index contributed by atoms with van der Waals surface area (Å²) in [4.78, 5) is 20.2. The first-order valence-electron chi connectivity index (χ1n) is 8.93. The van der Waals surface area contributed by atoms with E-state index in [-0.39, 0.29) is 12.0 Å². The second-order valence-electron chi connectivity index (χ2n) is 6.60. The molecule has 1 amide bonds. The van der Waals surface area contributed by atoms with Crippen LogP contribution in [0, 0.1) is 0 Å². The van der Waals surface area contributed by atoms with E-state index in [1.807, 2.05) is 42.5 Å². The Morgan fingerprint density at radius 1 is 1.31 bits per heavy atom. The number of benzene rings is 2. The van der Waals surface area contributed by atoms with E-state index in [0.29, 0.717) is 12.8 Å². The van der Waals surface area contributed by atoms with Gasteiger partial charge in [-0.05, 0) is 49.1 Å². The molecule has 6 nitrogen and oxygen atoms in total. The van der Waals surface area contributed by atoms with Gasteiger partial charge in [0.25, 0.3) is 0 Å². The van der Waals surface area contributed by atoms with Gasteiger partial charge < -0.3 is 20.8 Å². The second kappa shape index (κ2) is 7.17. The van der Waals surface area contributed by atoms with Gasteiger partial charge in [0.2, 0.25) is 5.91 Å². The molecular formula is C20H22N4O2. The average Bonchev–Trinajstić information content (AvgIpc) is 3.30. The lowest BCUT2D eigenvalue weighted by atomic mass is 10.1. The van der Waals surface area contributed by atoms with Gasteiger partial charge in [-0.1, -0.05) is 18.2 Å². The van der Waals surface area contributed by atoms with Crippen LogP contribution >= 0.6 is 0 Å². The third-order valence-corrected chi connectivity index (χ3v) is 4.70. The van der Waals surface area contributed by atoms with Crippen LogP contribution in [0.2, 0.25) is 0 Å². The van der Waals surface area contributed by atoms with Crippen LogP contribution in [0.25, 0.3) is 11.0 Å². The van der Waals surface area contributed by atoms with Crippen LogP contribution in [0.4, 0.5) is 11.4 Å². The number of rotatable bonds is 5. The number of ether oxygens (including phenoxy) is 1. The molecule has 26 heavy (non-hydrogen) atoms. The Labute approximate surface area is 151 Å². The number of para-hydroxylation sites is 1. The molecule has 0 bridgehead atoms. The van der Waals surface area contributed by atoms with E-state index in [9.17, 15) is 4.79 Å². The minimum atomic E-state index is -0.0357. The molecule has 1 atom stereocenters. The van der Waals surface area contributed by atoms with Crippen molar-refractivity contribution in [3.05, 3.63) is 53.9 Å². The van der Waals surface area contributed by atoms with Gasteiger partial charge in [-0.2, -0.15) is 0 Å². The number of imidazole rings is 1. The lowest BCUT2D eigenvalue weighted by Crippen LogP contribution is -2.12. The van der Waals surface area contributed by atoms with Crippen molar-refractivity contribution >= 4 is 28.3 Å². The second-order valence-corrected chi connectivity index (χ2v) is 6.60. The number of hydrogen-bond acceptors (Lipinski definition) is 4. The van der Waals surface area contributed by atoms with Crippen LogP contribution in [0.1, 0.15) is 36.8 Å². The lowest BCUT2D eigenvalue weighted by Gasteiger charge is -2.07. The molecule has 1 fully saturated rings. The van der Waals surface area contributed by atoms with Gasteiger partial charge >= 0.3 is 0 Å². The quantitative estimate of drug-likeness (QED) is 0.613. The molecule has 1 saturated heterocycles. The molecule has 2 heterocycles. The summed E-state index contributed by atoms with van der Waals surface area (Å²) in [7, 11) is 0. The van der Waals surface area contributed by atoms with Crippen molar-refractivity contribution in [1.29, 1.82) is 0 Å². The SMILES string of the molecule is Nc1ccccc1CCC(=O)Nc1ccc2nc(C3CCCO3)[nH]c2c1. The number of carbonyl (C=O) groups is 1. The van der Waals surface area contributed by atoms with Crippen molar-refractivity contribution in [3.8, 4) is 0 Å². The number of anilines is 2. The zero-order valence-electron chi connectivity index (χ0n) is 14.5. The van der Waals surface area contributed by atoms with Crippen LogP contribution in [-0.2, 0) is 16.0 Å². The monoisotopic (exact) mass is 350 g/mol. The number of carbonyl (C=O) groups excluding carboxylic acids is 1. The molecule has 3 aromatic rings. The molecule has 6 heteroatoms. The number of amides is 1. The number of nitrogens with zero attached hydrogens (tertiary/aromatic N) is 1. The number of nitrogen functional groups attached to an aromatic ring is 1. The fraction of sp³-hybridized carbons (Fsp3) is 0.300. The minimum Gasteiger partial charge on any atom is -0.399 e. The number of nitrogens with one attached hydrogen (secondary N) is 2. The van der Waals surface area contributed by atoms with Crippen molar-refractivity contribution in [2.75, 3.05) is 17.7 Å². The summed E-state index contributed by atoms with van der Waals surface area (Å²) in [6, 6.07) is 13.3. The number of aromatic amines is 1. The first-order chi connectivity index (χ1) is 12.7. The van der Waals surface area contributed by atoms with Gasteiger partial charge in [0.05, 0.1) is 11.0 Å². The molecule has 0 aliphatic carbocycles. The highest BCUT2D eigenvalue weighted by Crippen LogP contribution is 2.28. The fourth-order valence-electron chi connectivity index (χ4n) is 3.29. The summed E-state index contributed by atoms with van der Waals surface area (Å²) in [5.41, 5.74) is 10.2. The fourth-order valence-corrected chi connectivity index (χ4v) is 3.29. The topological polar surface area (TPSA) is 93.0 Å². The Hall–Kier alpha value is -2.86. The lowest BCUT2D eigenvalue weighted by molar-refractivity contribution is -0.116. The predicted molar refractivity (Wildman–Crippen MR) is 102 cm³/mol. The Morgan fingerprint density at radius 2 is 2.19 bits per heavy atom. The van der Waals surface area contributed by atoms with Gasteiger partial charge in [0, 0.05) is 24.4 Å². The van der Waals surface area contributed by atoms with E-state index >= 15 is 0 Å². The molecule has 1 aliphatic rings. The molecule has 0 saturated carbocycles. The molecule has 0 radical (unpaired) electrons. The predicted octanol–water partition coefficient (Wildman–Crippen LogP) is 3.57. The summed E-state index contributed by atoms with van der Waals surface area (Å²) in [6.07, 6.45) is 3.11. The standard InChI is InChI=1S/C20H22N4O2/c21-15-5-2-1-4-13(15)7-10-19(25)22-14-8-9-16-17(12-14)24-20(23-16)18-6-3-11-26-18/h1-2,4-5,8-9,12,18H,3,6-7,10-11,21H2,(H,22,25)(H,23,24). The third kappa shape index (κ3) is 3.55. The molecule has 2 aromatic carbocycles. The minimum absolute atomic E-state index is 0.0357. The van der Waals surface area contributed by atoms with E-state index in [1.54, 1.807) is 0 Å². The molecule has 1 unspecified atom stereocenters. The Bertz CT molecular complexity index is 928. The number of hydrogen-bond donors (Lipinski definition) is 3. The molecule has 134 valence electrons. The third-order valence-electron chi connectivity index (χ3n) is 4.70.